The maximum Gasteiger partial charge on any atom is 0.345 e. The quantitative estimate of drug-likeness (QED) is 0.837. The van der Waals surface area contributed by atoms with Gasteiger partial charge in [0.1, 0.15) is 11.6 Å². The lowest BCUT2D eigenvalue weighted by molar-refractivity contribution is 0.0706. The third kappa shape index (κ3) is 2.71. The molecule has 0 bridgehead atoms. The summed E-state index contributed by atoms with van der Waals surface area (Å²) >= 11 is 0. The predicted octanol–water partition coefficient (Wildman–Crippen LogP) is 1.56. The van der Waals surface area contributed by atoms with Crippen molar-refractivity contribution in [3.05, 3.63) is 45.6 Å². The van der Waals surface area contributed by atoms with E-state index in [1.165, 1.54) is 4.68 Å². The number of hydrogen-bond donors (Lipinski definition) is 0. The standard InChI is InChI=1S/C19H24N4O3/c1-3-23-17(20-21(2)19(23)25)14-7-10-22(11-8-14)18(24)15-6-4-5-13-9-12-26-16(13)15/h4-6,14H,3,7-12H2,1-2H3. The second-order valence-electron chi connectivity index (χ2n) is 6.97. The molecule has 1 saturated heterocycles. The number of carbonyl (C=O) groups excluding carboxylic acids is 1. The summed E-state index contributed by atoms with van der Waals surface area (Å²) in [6.45, 7) is 4.56. The highest BCUT2D eigenvalue weighted by Gasteiger charge is 2.30. The van der Waals surface area contributed by atoms with Gasteiger partial charge in [-0.25, -0.2) is 9.48 Å². The van der Waals surface area contributed by atoms with Crippen LogP contribution < -0.4 is 10.4 Å². The fraction of sp³-hybridized carbons (Fsp3) is 0.526. The van der Waals surface area contributed by atoms with E-state index in [0.29, 0.717) is 31.8 Å². The number of fused-ring (bicyclic) bond motifs is 1. The Balaban J connectivity index is 1.49. The molecule has 1 aromatic heterocycles. The average Bonchev–Trinajstić information content (AvgIpc) is 3.26. The Morgan fingerprint density at radius 3 is 2.81 bits per heavy atom. The molecule has 2 aliphatic rings. The van der Waals surface area contributed by atoms with Gasteiger partial charge < -0.3 is 9.64 Å². The molecule has 7 heteroatoms. The minimum absolute atomic E-state index is 0.0381. The smallest absolute Gasteiger partial charge is 0.345 e. The normalized spacial score (nSPS) is 17.2. The summed E-state index contributed by atoms with van der Waals surface area (Å²) in [5.41, 5.74) is 1.71. The van der Waals surface area contributed by atoms with Crippen LogP contribution in [0.1, 0.15) is 47.4 Å². The SMILES string of the molecule is CCn1c(C2CCN(C(=O)c3cccc4c3OCC4)CC2)nn(C)c1=O. The van der Waals surface area contributed by atoms with E-state index in [1.807, 2.05) is 30.0 Å². The second kappa shape index (κ2) is 6.63. The molecule has 2 aromatic rings. The number of aromatic nitrogens is 3. The minimum Gasteiger partial charge on any atom is -0.492 e. The van der Waals surface area contributed by atoms with Crippen LogP contribution in [0.4, 0.5) is 0 Å². The molecule has 0 aliphatic carbocycles. The zero-order valence-electron chi connectivity index (χ0n) is 15.3. The van der Waals surface area contributed by atoms with Crippen LogP contribution in [-0.2, 0) is 20.0 Å². The third-order valence-corrected chi connectivity index (χ3v) is 5.45. The van der Waals surface area contributed by atoms with Gasteiger partial charge in [0.2, 0.25) is 0 Å². The summed E-state index contributed by atoms with van der Waals surface area (Å²) in [4.78, 5) is 27.0. The van der Waals surface area contributed by atoms with Crippen LogP contribution >= 0.6 is 0 Å². The van der Waals surface area contributed by atoms with E-state index in [1.54, 1.807) is 11.6 Å². The highest BCUT2D eigenvalue weighted by molar-refractivity contribution is 5.97. The van der Waals surface area contributed by atoms with E-state index in [9.17, 15) is 9.59 Å². The number of aryl methyl sites for hydroxylation is 1. The number of likely N-dealkylation sites (tertiary alicyclic amines) is 1. The van der Waals surface area contributed by atoms with Crippen molar-refractivity contribution in [1.82, 2.24) is 19.2 Å². The second-order valence-corrected chi connectivity index (χ2v) is 6.97. The van der Waals surface area contributed by atoms with Gasteiger partial charge in [-0.2, -0.15) is 5.10 Å². The number of hydrogen-bond acceptors (Lipinski definition) is 4. The first-order valence-corrected chi connectivity index (χ1v) is 9.27. The Labute approximate surface area is 152 Å². The molecule has 1 aromatic carbocycles. The molecular formula is C19H24N4O3. The monoisotopic (exact) mass is 356 g/mol. The molecule has 4 rings (SSSR count). The molecule has 0 N–H and O–H groups in total. The van der Waals surface area contributed by atoms with Crippen molar-refractivity contribution in [2.75, 3.05) is 19.7 Å². The van der Waals surface area contributed by atoms with Crippen molar-refractivity contribution < 1.29 is 9.53 Å². The Hall–Kier alpha value is -2.57. The first-order valence-electron chi connectivity index (χ1n) is 9.27. The number of ether oxygens (including phenoxy) is 1. The fourth-order valence-corrected chi connectivity index (χ4v) is 4.02. The van der Waals surface area contributed by atoms with E-state index >= 15 is 0 Å². The molecule has 0 saturated carbocycles. The van der Waals surface area contributed by atoms with Crippen molar-refractivity contribution in [3.63, 3.8) is 0 Å². The lowest BCUT2D eigenvalue weighted by Gasteiger charge is -2.32. The largest absolute Gasteiger partial charge is 0.492 e. The van der Waals surface area contributed by atoms with Gasteiger partial charge in [-0.3, -0.25) is 9.36 Å². The van der Waals surface area contributed by atoms with Gasteiger partial charge in [-0.1, -0.05) is 12.1 Å². The zero-order chi connectivity index (χ0) is 18.3. The maximum absolute atomic E-state index is 13.0. The van der Waals surface area contributed by atoms with Crippen LogP contribution in [-0.4, -0.2) is 44.9 Å². The van der Waals surface area contributed by atoms with Crippen LogP contribution in [0.15, 0.2) is 23.0 Å². The lowest BCUT2D eigenvalue weighted by Crippen LogP contribution is -2.38. The topological polar surface area (TPSA) is 69.4 Å². The van der Waals surface area contributed by atoms with Gasteiger partial charge >= 0.3 is 5.69 Å². The van der Waals surface area contributed by atoms with Gasteiger partial charge in [-0.15, -0.1) is 0 Å². The number of para-hydroxylation sites is 1. The van der Waals surface area contributed by atoms with Crippen molar-refractivity contribution in [1.29, 1.82) is 0 Å². The van der Waals surface area contributed by atoms with Crippen LogP contribution in [0, 0.1) is 0 Å². The number of benzene rings is 1. The molecule has 1 amide bonds. The number of piperidine rings is 1. The summed E-state index contributed by atoms with van der Waals surface area (Å²) in [7, 11) is 1.69. The third-order valence-electron chi connectivity index (χ3n) is 5.45. The first-order chi connectivity index (χ1) is 12.6. The van der Waals surface area contributed by atoms with Gasteiger partial charge in [0.05, 0.1) is 12.2 Å². The average molecular weight is 356 g/mol. The molecule has 1 fully saturated rings. The van der Waals surface area contributed by atoms with Gasteiger partial charge in [0, 0.05) is 39.0 Å². The van der Waals surface area contributed by atoms with Crippen molar-refractivity contribution in [2.24, 2.45) is 7.05 Å². The summed E-state index contributed by atoms with van der Waals surface area (Å²) in [6, 6.07) is 5.81. The van der Waals surface area contributed by atoms with Crippen LogP contribution in [0.3, 0.4) is 0 Å². The Morgan fingerprint density at radius 1 is 1.31 bits per heavy atom. The van der Waals surface area contributed by atoms with E-state index in [4.69, 9.17) is 4.74 Å². The summed E-state index contributed by atoms with van der Waals surface area (Å²) < 4.78 is 8.82. The molecule has 3 heterocycles. The van der Waals surface area contributed by atoms with Crippen LogP contribution in [0.2, 0.25) is 0 Å². The van der Waals surface area contributed by atoms with Crippen molar-refractivity contribution >= 4 is 5.91 Å². The molecule has 0 unspecified atom stereocenters. The summed E-state index contributed by atoms with van der Waals surface area (Å²) in [5.74, 6) is 1.85. The zero-order valence-corrected chi connectivity index (χ0v) is 15.3. The Kier molecular flexibility index (Phi) is 4.30. The highest BCUT2D eigenvalue weighted by Crippen LogP contribution is 2.32. The summed E-state index contributed by atoms with van der Waals surface area (Å²) in [5, 5.41) is 4.42. The number of amides is 1. The fourth-order valence-electron chi connectivity index (χ4n) is 4.02. The number of carbonyl (C=O) groups is 1. The number of nitrogens with zero attached hydrogens (tertiary/aromatic N) is 4. The van der Waals surface area contributed by atoms with E-state index in [0.717, 1.165) is 36.4 Å². The molecule has 0 spiro atoms. The molecule has 2 aliphatic heterocycles. The Morgan fingerprint density at radius 2 is 2.08 bits per heavy atom. The molecule has 0 atom stereocenters. The van der Waals surface area contributed by atoms with Crippen molar-refractivity contribution in [2.45, 2.75) is 38.6 Å². The molecule has 7 nitrogen and oxygen atoms in total. The van der Waals surface area contributed by atoms with Gasteiger partial charge in [0.15, 0.2) is 0 Å². The molecule has 0 radical (unpaired) electrons. The Bertz CT molecular complexity index is 891. The lowest BCUT2D eigenvalue weighted by atomic mass is 9.95. The van der Waals surface area contributed by atoms with Gasteiger partial charge in [-0.05, 0) is 31.4 Å². The van der Waals surface area contributed by atoms with Gasteiger partial charge in [0.25, 0.3) is 5.91 Å². The number of rotatable bonds is 3. The van der Waals surface area contributed by atoms with E-state index in [-0.39, 0.29) is 17.5 Å². The van der Waals surface area contributed by atoms with Crippen molar-refractivity contribution in [3.8, 4) is 5.75 Å². The molecule has 26 heavy (non-hydrogen) atoms. The predicted molar refractivity (Wildman–Crippen MR) is 96.7 cm³/mol. The highest BCUT2D eigenvalue weighted by atomic mass is 16.5. The first kappa shape index (κ1) is 16.9. The van der Waals surface area contributed by atoms with Crippen LogP contribution in [0.5, 0.6) is 5.75 Å². The minimum atomic E-state index is -0.0713. The molecule has 138 valence electrons. The van der Waals surface area contributed by atoms with E-state index < -0.39 is 0 Å². The van der Waals surface area contributed by atoms with E-state index in [2.05, 4.69) is 5.10 Å². The molecular weight excluding hydrogens is 332 g/mol. The maximum atomic E-state index is 13.0. The summed E-state index contributed by atoms with van der Waals surface area (Å²) in [6.07, 6.45) is 2.50. The van der Waals surface area contributed by atoms with Crippen LogP contribution in [0.25, 0.3) is 0 Å².